The highest BCUT2D eigenvalue weighted by atomic mass is 16.5. The Morgan fingerprint density at radius 2 is 1.77 bits per heavy atom. The predicted octanol–water partition coefficient (Wildman–Crippen LogP) is 2.83. The molecule has 0 saturated carbocycles. The van der Waals surface area contributed by atoms with Crippen molar-refractivity contribution in [1.82, 2.24) is 5.32 Å². The fourth-order valence-corrected chi connectivity index (χ4v) is 0.768. The largest absolute Gasteiger partial charge is 0.380 e. The molecule has 2 nitrogen and oxygen atoms in total. The predicted molar refractivity (Wildman–Crippen MR) is 60.2 cm³/mol. The molecule has 0 heterocycles. The molecule has 0 aliphatic heterocycles. The van der Waals surface area contributed by atoms with E-state index in [1.54, 1.807) is 0 Å². The topological polar surface area (TPSA) is 21.3 Å². The average molecular weight is 189 g/mol. The van der Waals surface area contributed by atoms with Gasteiger partial charge in [-0.15, -0.1) is 0 Å². The molecule has 0 unspecified atom stereocenters. The highest BCUT2D eigenvalue weighted by Crippen LogP contribution is 1.86. The van der Waals surface area contributed by atoms with Crippen LogP contribution in [0.4, 0.5) is 0 Å². The van der Waals surface area contributed by atoms with Crippen LogP contribution in [0, 0.1) is 0 Å². The minimum absolute atomic E-state index is 0.574. The Balaban J connectivity index is 0. The van der Waals surface area contributed by atoms with Crippen LogP contribution in [0.25, 0.3) is 0 Å². The van der Waals surface area contributed by atoms with Gasteiger partial charge in [-0.25, -0.2) is 0 Å². The van der Waals surface area contributed by atoms with E-state index in [1.165, 1.54) is 12.8 Å². The van der Waals surface area contributed by atoms with Crippen LogP contribution in [0.3, 0.4) is 0 Å². The SMILES string of the molecule is CC.CCCCOCCNC(C)C. The maximum absolute atomic E-state index is 5.36. The monoisotopic (exact) mass is 189 g/mol. The third kappa shape index (κ3) is 18.7. The summed E-state index contributed by atoms with van der Waals surface area (Å²) in [4.78, 5) is 0. The summed E-state index contributed by atoms with van der Waals surface area (Å²) in [6.45, 7) is 13.2. The van der Waals surface area contributed by atoms with Crippen LogP contribution in [-0.2, 0) is 4.74 Å². The second kappa shape index (κ2) is 14.4. The standard InChI is InChI=1S/C9H21NO.C2H6/c1-4-5-7-11-8-6-10-9(2)3;1-2/h9-10H,4-8H2,1-3H3;1-2H3. The van der Waals surface area contributed by atoms with E-state index in [1.807, 2.05) is 13.8 Å². The third-order valence-corrected chi connectivity index (χ3v) is 1.44. The number of hydrogen-bond donors (Lipinski definition) is 1. The molecule has 0 aliphatic carbocycles. The van der Waals surface area contributed by atoms with Crippen molar-refractivity contribution in [2.24, 2.45) is 0 Å². The van der Waals surface area contributed by atoms with E-state index in [4.69, 9.17) is 4.74 Å². The Labute approximate surface area is 84.1 Å². The first-order valence-corrected chi connectivity index (χ1v) is 5.58. The molecule has 0 aromatic rings. The zero-order chi connectivity index (χ0) is 10.5. The lowest BCUT2D eigenvalue weighted by molar-refractivity contribution is 0.131. The number of nitrogens with one attached hydrogen (secondary N) is 1. The molecule has 13 heavy (non-hydrogen) atoms. The van der Waals surface area contributed by atoms with Crippen molar-refractivity contribution in [1.29, 1.82) is 0 Å². The van der Waals surface area contributed by atoms with Crippen LogP contribution in [0.2, 0.25) is 0 Å². The summed E-state index contributed by atoms with van der Waals surface area (Å²) in [6.07, 6.45) is 2.40. The highest BCUT2D eigenvalue weighted by molar-refractivity contribution is 4.50. The molecule has 0 rings (SSSR count). The lowest BCUT2D eigenvalue weighted by atomic mass is 10.4. The fourth-order valence-electron chi connectivity index (χ4n) is 0.768. The van der Waals surface area contributed by atoms with E-state index < -0.39 is 0 Å². The molecular weight excluding hydrogens is 162 g/mol. The summed E-state index contributed by atoms with van der Waals surface area (Å²) >= 11 is 0. The quantitative estimate of drug-likeness (QED) is 0.622. The molecule has 1 N–H and O–H groups in total. The van der Waals surface area contributed by atoms with Crippen molar-refractivity contribution in [2.45, 2.75) is 53.5 Å². The van der Waals surface area contributed by atoms with Gasteiger partial charge >= 0.3 is 0 Å². The van der Waals surface area contributed by atoms with Gasteiger partial charge < -0.3 is 10.1 Å². The van der Waals surface area contributed by atoms with E-state index in [-0.39, 0.29) is 0 Å². The highest BCUT2D eigenvalue weighted by Gasteiger charge is 1.90. The third-order valence-electron chi connectivity index (χ3n) is 1.44. The molecule has 0 atom stereocenters. The minimum Gasteiger partial charge on any atom is -0.380 e. The number of hydrogen-bond acceptors (Lipinski definition) is 2. The Morgan fingerprint density at radius 3 is 2.23 bits per heavy atom. The molecule has 0 saturated heterocycles. The summed E-state index contributed by atoms with van der Waals surface area (Å²) in [5, 5.41) is 3.30. The molecule has 0 aliphatic rings. The molecule has 0 aromatic heterocycles. The lowest BCUT2D eigenvalue weighted by Gasteiger charge is -2.07. The second-order valence-corrected chi connectivity index (χ2v) is 3.07. The summed E-state index contributed by atoms with van der Waals surface area (Å²) < 4.78 is 5.36. The van der Waals surface area contributed by atoms with E-state index in [2.05, 4.69) is 26.1 Å². The smallest absolute Gasteiger partial charge is 0.0590 e. The normalized spacial score (nSPS) is 9.69. The fraction of sp³-hybridized carbons (Fsp3) is 1.00. The lowest BCUT2D eigenvalue weighted by Crippen LogP contribution is -2.26. The zero-order valence-electron chi connectivity index (χ0n) is 10.0. The van der Waals surface area contributed by atoms with Gasteiger partial charge in [0.2, 0.25) is 0 Å². The Morgan fingerprint density at radius 1 is 1.15 bits per heavy atom. The second-order valence-electron chi connectivity index (χ2n) is 3.07. The van der Waals surface area contributed by atoms with Gasteiger partial charge in [-0.05, 0) is 6.42 Å². The molecule has 0 aromatic carbocycles. The maximum Gasteiger partial charge on any atom is 0.0590 e. The molecule has 0 spiro atoms. The molecule has 0 radical (unpaired) electrons. The van der Waals surface area contributed by atoms with Crippen molar-refractivity contribution in [3.63, 3.8) is 0 Å². The summed E-state index contributed by atoms with van der Waals surface area (Å²) in [5.41, 5.74) is 0. The van der Waals surface area contributed by atoms with E-state index in [0.29, 0.717) is 6.04 Å². The zero-order valence-corrected chi connectivity index (χ0v) is 10.0. The van der Waals surface area contributed by atoms with Gasteiger partial charge in [0.05, 0.1) is 6.61 Å². The van der Waals surface area contributed by atoms with Crippen molar-refractivity contribution in [3.8, 4) is 0 Å². The molecule has 82 valence electrons. The average Bonchev–Trinajstić information content (AvgIpc) is 2.14. The van der Waals surface area contributed by atoms with Gasteiger partial charge in [0.25, 0.3) is 0 Å². The van der Waals surface area contributed by atoms with E-state index in [9.17, 15) is 0 Å². The van der Waals surface area contributed by atoms with Crippen LogP contribution in [0.5, 0.6) is 0 Å². The van der Waals surface area contributed by atoms with Crippen LogP contribution in [-0.4, -0.2) is 25.8 Å². The minimum atomic E-state index is 0.574. The Kier molecular flexibility index (Phi) is 17.1. The van der Waals surface area contributed by atoms with Crippen LogP contribution < -0.4 is 5.32 Å². The van der Waals surface area contributed by atoms with Gasteiger partial charge in [-0.2, -0.15) is 0 Å². The van der Waals surface area contributed by atoms with Gasteiger partial charge in [0.1, 0.15) is 0 Å². The van der Waals surface area contributed by atoms with Crippen molar-refractivity contribution >= 4 is 0 Å². The molecule has 0 amide bonds. The number of ether oxygens (including phenoxy) is 1. The first-order valence-electron chi connectivity index (χ1n) is 5.58. The van der Waals surface area contributed by atoms with Crippen molar-refractivity contribution in [2.75, 3.05) is 19.8 Å². The number of rotatable bonds is 7. The van der Waals surface area contributed by atoms with E-state index >= 15 is 0 Å². The van der Waals surface area contributed by atoms with Crippen LogP contribution in [0.1, 0.15) is 47.5 Å². The first kappa shape index (κ1) is 15.4. The van der Waals surface area contributed by atoms with Gasteiger partial charge in [0.15, 0.2) is 0 Å². The molecular formula is C11H27NO. The van der Waals surface area contributed by atoms with Crippen molar-refractivity contribution < 1.29 is 4.74 Å². The van der Waals surface area contributed by atoms with Crippen LogP contribution >= 0.6 is 0 Å². The molecule has 2 heteroatoms. The van der Waals surface area contributed by atoms with Crippen LogP contribution in [0.15, 0.2) is 0 Å². The van der Waals surface area contributed by atoms with E-state index in [0.717, 1.165) is 19.8 Å². The number of unbranched alkanes of at least 4 members (excludes halogenated alkanes) is 1. The van der Waals surface area contributed by atoms with Gasteiger partial charge in [0, 0.05) is 19.2 Å². The summed E-state index contributed by atoms with van der Waals surface area (Å²) in [6, 6.07) is 0.574. The maximum atomic E-state index is 5.36. The summed E-state index contributed by atoms with van der Waals surface area (Å²) in [5.74, 6) is 0. The molecule has 0 bridgehead atoms. The molecule has 0 fully saturated rings. The van der Waals surface area contributed by atoms with Gasteiger partial charge in [-0.1, -0.05) is 41.0 Å². The first-order chi connectivity index (χ1) is 6.27. The van der Waals surface area contributed by atoms with Gasteiger partial charge in [-0.3, -0.25) is 0 Å². The Hall–Kier alpha value is -0.0800. The van der Waals surface area contributed by atoms with Crippen molar-refractivity contribution in [3.05, 3.63) is 0 Å². The Bertz CT molecular complexity index is 74.5. The summed E-state index contributed by atoms with van der Waals surface area (Å²) in [7, 11) is 0.